The van der Waals surface area contributed by atoms with Crippen molar-refractivity contribution >= 4 is 10.9 Å². The van der Waals surface area contributed by atoms with Crippen LogP contribution in [0.3, 0.4) is 0 Å². The lowest BCUT2D eigenvalue weighted by molar-refractivity contribution is 0.0717. The Morgan fingerprint density at radius 2 is 1.97 bits per heavy atom. The van der Waals surface area contributed by atoms with Crippen molar-refractivity contribution in [2.45, 2.75) is 45.6 Å². The van der Waals surface area contributed by atoms with E-state index in [1.165, 1.54) is 6.42 Å². The van der Waals surface area contributed by atoms with E-state index >= 15 is 4.39 Å². The molecule has 4 rings (SSSR count). The van der Waals surface area contributed by atoms with Gasteiger partial charge in [0.1, 0.15) is 17.8 Å². The maximum absolute atomic E-state index is 15.3. The Morgan fingerprint density at radius 3 is 2.72 bits per heavy atom. The number of aromatic nitrogens is 3. The fourth-order valence-corrected chi connectivity index (χ4v) is 4.40. The second-order valence-corrected chi connectivity index (χ2v) is 7.74. The summed E-state index contributed by atoms with van der Waals surface area (Å²) in [5.74, 6) is -0.440. The van der Waals surface area contributed by atoms with Crippen LogP contribution in [0.1, 0.15) is 38.7 Å². The van der Waals surface area contributed by atoms with E-state index in [2.05, 4.69) is 33.7 Å². The average molecular weight is 394 g/mol. The molecule has 1 aliphatic rings. The fourth-order valence-electron chi connectivity index (χ4n) is 4.40. The van der Waals surface area contributed by atoms with Gasteiger partial charge in [-0.3, -0.25) is 9.88 Å². The van der Waals surface area contributed by atoms with Crippen LogP contribution in [0.5, 0.6) is 6.01 Å². The van der Waals surface area contributed by atoms with Gasteiger partial charge < -0.3 is 4.74 Å². The molecule has 1 aromatic carbocycles. The van der Waals surface area contributed by atoms with Gasteiger partial charge >= 0.3 is 6.01 Å². The van der Waals surface area contributed by atoms with Gasteiger partial charge in [0.05, 0.1) is 5.54 Å². The highest BCUT2D eigenvalue weighted by atomic mass is 19.1. The summed E-state index contributed by atoms with van der Waals surface area (Å²) in [5.41, 5.74) is 2.29. The van der Waals surface area contributed by atoms with Gasteiger partial charge in [-0.15, -0.1) is 0 Å². The van der Waals surface area contributed by atoms with Crippen LogP contribution in [0.4, 0.5) is 4.39 Å². The molecule has 1 atom stereocenters. The summed E-state index contributed by atoms with van der Waals surface area (Å²) in [5, 5.41) is 0.563. The molecular formula is C23H27FN4O. The Kier molecular flexibility index (Phi) is 5.46. The minimum Gasteiger partial charge on any atom is -0.461 e. The lowest BCUT2D eigenvalue weighted by atomic mass is 9.94. The molecule has 0 bridgehead atoms. The third-order valence-corrected chi connectivity index (χ3v) is 6.19. The van der Waals surface area contributed by atoms with Crippen molar-refractivity contribution in [3.05, 3.63) is 48.0 Å². The SMILES string of the molecule is CCN1CCCC1(CC)COc1ncc2cnc(-c3ccccc3C)c(F)c2n1. The lowest BCUT2D eigenvalue weighted by Crippen LogP contribution is -2.48. The number of rotatable bonds is 6. The number of benzene rings is 1. The summed E-state index contributed by atoms with van der Waals surface area (Å²) in [7, 11) is 0. The predicted molar refractivity (Wildman–Crippen MR) is 112 cm³/mol. The molecule has 2 aromatic heterocycles. The molecule has 1 saturated heterocycles. The van der Waals surface area contributed by atoms with Crippen LogP contribution in [0.2, 0.25) is 0 Å². The number of hydrogen-bond acceptors (Lipinski definition) is 5. The maximum Gasteiger partial charge on any atom is 0.317 e. The van der Waals surface area contributed by atoms with E-state index < -0.39 is 5.82 Å². The van der Waals surface area contributed by atoms with Crippen LogP contribution in [0.15, 0.2) is 36.7 Å². The van der Waals surface area contributed by atoms with Gasteiger partial charge in [-0.05, 0) is 44.8 Å². The van der Waals surface area contributed by atoms with Crippen LogP contribution in [0.25, 0.3) is 22.2 Å². The molecule has 6 heteroatoms. The Balaban J connectivity index is 1.65. The Hall–Kier alpha value is -2.60. The van der Waals surface area contributed by atoms with Crippen LogP contribution in [-0.2, 0) is 0 Å². The third-order valence-electron chi connectivity index (χ3n) is 6.19. The van der Waals surface area contributed by atoms with Gasteiger partial charge in [0.15, 0.2) is 5.82 Å². The van der Waals surface area contributed by atoms with Gasteiger partial charge in [-0.1, -0.05) is 38.1 Å². The van der Waals surface area contributed by atoms with E-state index in [0.717, 1.165) is 37.1 Å². The number of nitrogens with zero attached hydrogens (tertiary/aromatic N) is 4. The first-order valence-electron chi connectivity index (χ1n) is 10.3. The minimum absolute atomic E-state index is 0.0101. The van der Waals surface area contributed by atoms with Crippen molar-refractivity contribution in [2.24, 2.45) is 0 Å². The quantitative estimate of drug-likeness (QED) is 0.602. The normalized spacial score (nSPS) is 19.7. The number of fused-ring (bicyclic) bond motifs is 1. The molecule has 0 N–H and O–H groups in total. The van der Waals surface area contributed by atoms with Gasteiger partial charge in [0.25, 0.3) is 0 Å². The van der Waals surface area contributed by atoms with Gasteiger partial charge in [-0.2, -0.15) is 4.98 Å². The summed E-state index contributed by atoms with van der Waals surface area (Å²) in [4.78, 5) is 15.5. The minimum atomic E-state index is -0.440. The molecule has 152 valence electrons. The summed E-state index contributed by atoms with van der Waals surface area (Å²) < 4.78 is 21.3. The highest BCUT2D eigenvalue weighted by molar-refractivity contribution is 5.82. The van der Waals surface area contributed by atoms with Crippen LogP contribution >= 0.6 is 0 Å². The predicted octanol–water partition coefficient (Wildman–Crippen LogP) is 4.78. The van der Waals surface area contributed by atoms with E-state index in [1.54, 1.807) is 12.4 Å². The van der Waals surface area contributed by atoms with Crippen LogP contribution in [-0.4, -0.2) is 45.1 Å². The first-order chi connectivity index (χ1) is 14.1. The van der Waals surface area contributed by atoms with E-state index in [4.69, 9.17) is 4.74 Å². The van der Waals surface area contributed by atoms with E-state index in [-0.39, 0.29) is 17.1 Å². The smallest absolute Gasteiger partial charge is 0.317 e. The van der Waals surface area contributed by atoms with Gasteiger partial charge in [0, 0.05) is 23.3 Å². The molecular weight excluding hydrogens is 367 g/mol. The Bertz CT molecular complexity index is 1020. The maximum atomic E-state index is 15.3. The molecule has 5 nitrogen and oxygen atoms in total. The Labute approximate surface area is 171 Å². The number of ether oxygens (including phenoxy) is 1. The number of aryl methyl sites for hydroxylation is 1. The highest BCUT2D eigenvalue weighted by Gasteiger charge is 2.39. The first-order valence-corrected chi connectivity index (χ1v) is 10.3. The zero-order valence-electron chi connectivity index (χ0n) is 17.3. The lowest BCUT2D eigenvalue weighted by Gasteiger charge is -2.36. The molecule has 3 heterocycles. The summed E-state index contributed by atoms with van der Waals surface area (Å²) >= 11 is 0. The molecule has 0 amide bonds. The van der Waals surface area contributed by atoms with Crippen molar-refractivity contribution in [3.63, 3.8) is 0 Å². The number of likely N-dealkylation sites (tertiary alicyclic amines) is 1. The molecule has 0 spiro atoms. The van der Waals surface area contributed by atoms with E-state index in [0.29, 0.717) is 17.7 Å². The van der Waals surface area contributed by atoms with Gasteiger partial charge in [-0.25, -0.2) is 9.37 Å². The number of hydrogen-bond donors (Lipinski definition) is 0. The first kappa shape index (κ1) is 19.7. The van der Waals surface area contributed by atoms with E-state index in [1.807, 2.05) is 31.2 Å². The molecule has 0 aliphatic carbocycles. The number of halogens is 1. The average Bonchev–Trinajstić information content (AvgIpc) is 3.17. The summed E-state index contributed by atoms with van der Waals surface area (Å²) in [6, 6.07) is 7.84. The standard InChI is InChI=1S/C23H27FN4O/c1-4-23(11-8-12-28(23)5-2)15-29-22-26-14-17-13-25-21(19(24)20(17)27-22)18-10-7-6-9-16(18)3/h6-7,9-10,13-14H,4-5,8,11-12,15H2,1-3H3. The van der Waals surface area contributed by atoms with Crippen molar-refractivity contribution in [1.29, 1.82) is 0 Å². The molecule has 0 saturated carbocycles. The fraction of sp³-hybridized carbons (Fsp3) is 0.435. The summed E-state index contributed by atoms with van der Waals surface area (Å²) in [6.45, 7) is 8.92. The molecule has 1 unspecified atom stereocenters. The van der Waals surface area contributed by atoms with E-state index in [9.17, 15) is 0 Å². The summed E-state index contributed by atoms with van der Waals surface area (Å²) in [6.07, 6.45) is 6.47. The topological polar surface area (TPSA) is 51.1 Å². The second kappa shape index (κ2) is 8.03. The van der Waals surface area contributed by atoms with Crippen molar-refractivity contribution in [2.75, 3.05) is 19.7 Å². The van der Waals surface area contributed by atoms with Crippen molar-refractivity contribution in [1.82, 2.24) is 19.9 Å². The van der Waals surface area contributed by atoms with Crippen LogP contribution < -0.4 is 4.74 Å². The number of pyridine rings is 1. The highest BCUT2D eigenvalue weighted by Crippen LogP contribution is 2.33. The third kappa shape index (κ3) is 3.57. The monoisotopic (exact) mass is 394 g/mol. The molecule has 1 fully saturated rings. The Morgan fingerprint density at radius 1 is 1.17 bits per heavy atom. The van der Waals surface area contributed by atoms with Gasteiger partial charge in [0.2, 0.25) is 0 Å². The molecule has 0 radical (unpaired) electrons. The number of likely N-dealkylation sites (N-methyl/N-ethyl adjacent to an activating group) is 1. The van der Waals surface area contributed by atoms with Crippen LogP contribution in [0, 0.1) is 12.7 Å². The molecule has 1 aliphatic heterocycles. The van der Waals surface area contributed by atoms with Crippen molar-refractivity contribution < 1.29 is 9.13 Å². The molecule has 3 aromatic rings. The zero-order valence-corrected chi connectivity index (χ0v) is 17.3. The zero-order chi connectivity index (χ0) is 20.4. The second-order valence-electron chi connectivity index (χ2n) is 7.74. The van der Waals surface area contributed by atoms with Crippen molar-refractivity contribution in [3.8, 4) is 17.3 Å². The largest absolute Gasteiger partial charge is 0.461 e. The molecule has 29 heavy (non-hydrogen) atoms.